The van der Waals surface area contributed by atoms with Crippen LogP contribution >= 0.6 is 11.8 Å². The molecule has 152 valence electrons. The number of allylic oxidation sites excluding steroid dienone is 1. The fourth-order valence-corrected chi connectivity index (χ4v) is 5.19. The molecule has 1 aliphatic rings. The van der Waals surface area contributed by atoms with Gasteiger partial charge in [0.2, 0.25) is 5.91 Å². The van der Waals surface area contributed by atoms with Gasteiger partial charge in [-0.05, 0) is 30.7 Å². The van der Waals surface area contributed by atoms with Gasteiger partial charge in [0.05, 0.1) is 0 Å². The van der Waals surface area contributed by atoms with Crippen LogP contribution in [0.2, 0.25) is 0 Å². The maximum atomic E-state index is 14.4. The second-order valence-electron chi connectivity index (χ2n) is 6.88. The summed E-state index contributed by atoms with van der Waals surface area (Å²) in [4.78, 5) is 11.6. The van der Waals surface area contributed by atoms with Crippen molar-refractivity contribution in [2.24, 2.45) is 11.8 Å². The van der Waals surface area contributed by atoms with E-state index in [1.807, 2.05) is 24.3 Å². The second kappa shape index (κ2) is 8.39. The smallest absolute Gasteiger partial charge is 0.235 e. The van der Waals surface area contributed by atoms with E-state index < -0.39 is 16.5 Å². The van der Waals surface area contributed by atoms with Gasteiger partial charge in [0.15, 0.2) is 0 Å². The van der Waals surface area contributed by atoms with Gasteiger partial charge in [-0.15, -0.1) is 6.58 Å². The van der Waals surface area contributed by atoms with Gasteiger partial charge in [-0.3, -0.25) is 9.80 Å². The van der Waals surface area contributed by atoms with Crippen LogP contribution < -0.4 is 11.2 Å². The number of hydrogen-bond acceptors (Lipinski definition) is 4. The van der Waals surface area contributed by atoms with Gasteiger partial charge in [-0.1, -0.05) is 42.6 Å². The van der Waals surface area contributed by atoms with Crippen LogP contribution in [0.15, 0.2) is 61.7 Å². The summed E-state index contributed by atoms with van der Waals surface area (Å²) >= 11 is 1.16. The minimum Gasteiger partial charge on any atom is -0.384 e. The van der Waals surface area contributed by atoms with Crippen molar-refractivity contribution in [2.75, 3.05) is 11.9 Å². The van der Waals surface area contributed by atoms with Crippen LogP contribution in [0, 0.1) is 17.6 Å². The molecule has 1 heterocycles. The average molecular weight is 416 g/mol. The Morgan fingerprint density at radius 3 is 2.79 bits per heavy atom. The molecule has 2 unspecified atom stereocenters. The van der Waals surface area contributed by atoms with Crippen molar-refractivity contribution in [2.45, 2.75) is 18.2 Å². The molecule has 1 amide bonds. The van der Waals surface area contributed by atoms with Crippen molar-refractivity contribution >= 4 is 28.3 Å². The standard InChI is InChI=1S/C22H23F2N3OS/c1-4-7-16-13-26-21-9-6-5-8-19(21)22(16,27(25)15(3)28)29-14(2)18-12-17(23)10-11-20(18)24/h4-6,8-12,16,26H,1-2,7,13,25H2,3H3. The Morgan fingerprint density at radius 2 is 2.10 bits per heavy atom. The molecule has 0 radical (unpaired) electrons. The third-order valence-corrected chi connectivity index (χ3v) is 6.59. The summed E-state index contributed by atoms with van der Waals surface area (Å²) in [6.07, 6.45) is 2.31. The van der Waals surface area contributed by atoms with Crippen molar-refractivity contribution < 1.29 is 13.6 Å². The summed E-state index contributed by atoms with van der Waals surface area (Å²) < 4.78 is 28.2. The topological polar surface area (TPSA) is 58.4 Å². The Labute approximate surface area is 173 Å². The van der Waals surface area contributed by atoms with Crippen molar-refractivity contribution in [3.8, 4) is 0 Å². The van der Waals surface area contributed by atoms with Gasteiger partial charge in [0.1, 0.15) is 16.5 Å². The number of carbonyl (C=O) groups is 1. The number of fused-ring (bicyclic) bond motifs is 1. The number of para-hydroxylation sites is 1. The zero-order valence-corrected chi connectivity index (χ0v) is 16.9. The van der Waals surface area contributed by atoms with Crippen LogP contribution in [0.4, 0.5) is 14.5 Å². The molecule has 2 atom stereocenters. The van der Waals surface area contributed by atoms with Crippen LogP contribution in [0.5, 0.6) is 0 Å². The Balaban J connectivity index is 2.19. The predicted molar refractivity (Wildman–Crippen MR) is 115 cm³/mol. The first-order valence-corrected chi connectivity index (χ1v) is 9.96. The number of nitrogens with zero attached hydrogens (tertiary/aromatic N) is 1. The lowest BCUT2D eigenvalue weighted by atomic mass is 9.84. The second-order valence-corrected chi connectivity index (χ2v) is 8.20. The Hall–Kier alpha value is -2.64. The Kier molecular flexibility index (Phi) is 6.10. The number of thioether (sulfide) groups is 1. The first kappa shape index (κ1) is 21.1. The molecule has 0 saturated carbocycles. The molecule has 0 fully saturated rings. The Bertz CT molecular complexity index is 965. The van der Waals surface area contributed by atoms with E-state index in [-0.39, 0.29) is 22.3 Å². The number of rotatable bonds is 6. The quantitative estimate of drug-likeness (QED) is 0.233. The number of benzene rings is 2. The third kappa shape index (κ3) is 3.80. The molecule has 2 aromatic carbocycles. The number of carbonyl (C=O) groups excluding carboxylic acids is 1. The van der Waals surface area contributed by atoms with Crippen LogP contribution in [-0.2, 0) is 9.67 Å². The molecule has 2 aromatic rings. The molecule has 3 rings (SSSR count). The average Bonchev–Trinajstić information content (AvgIpc) is 2.70. The lowest BCUT2D eigenvalue weighted by Gasteiger charge is -2.49. The lowest BCUT2D eigenvalue weighted by Crippen LogP contribution is -2.58. The fourth-order valence-electron chi connectivity index (χ4n) is 3.69. The minimum atomic E-state index is -1.07. The number of anilines is 1. The number of hydrazine groups is 1. The molecular formula is C22H23F2N3OS. The minimum absolute atomic E-state index is 0.0414. The number of hydrogen-bond donors (Lipinski definition) is 2. The van der Waals surface area contributed by atoms with E-state index in [4.69, 9.17) is 5.84 Å². The highest BCUT2D eigenvalue weighted by Gasteiger charge is 2.50. The van der Waals surface area contributed by atoms with E-state index in [1.54, 1.807) is 6.08 Å². The van der Waals surface area contributed by atoms with E-state index in [9.17, 15) is 13.6 Å². The highest BCUT2D eigenvalue weighted by Crippen LogP contribution is 2.55. The number of halogens is 2. The molecule has 4 nitrogen and oxygen atoms in total. The van der Waals surface area contributed by atoms with Crippen LogP contribution in [-0.4, -0.2) is 17.5 Å². The number of nitrogens with two attached hydrogens (primary N) is 1. The summed E-state index contributed by atoms with van der Waals surface area (Å²) in [6, 6.07) is 10.7. The summed E-state index contributed by atoms with van der Waals surface area (Å²) in [5, 5.41) is 4.54. The van der Waals surface area contributed by atoms with Crippen LogP contribution in [0.25, 0.3) is 4.91 Å². The third-order valence-electron chi connectivity index (χ3n) is 5.06. The zero-order chi connectivity index (χ0) is 21.2. The van der Waals surface area contributed by atoms with E-state index >= 15 is 0 Å². The summed E-state index contributed by atoms with van der Waals surface area (Å²) in [6.45, 7) is 9.72. The highest BCUT2D eigenvalue weighted by molar-refractivity contribution is 8.09. The van der Waals surface area contributed by atoms with Crippen molar-refractivity contribution in [3.63, 3.8) is 0 Å². The summed E-state index contributed by atoms with van der Waals surface area (Å²) in [5.74, 6) is 4.66. The van der Waals surface area contributed by atoms with E-state index in [1.165, 1.54) is 11.9 Å². The molecule has 0 aromatic heterocycles. The maximum Gasteiger partial charge on any atom is 0.235 e. The molecule has 1 aliphatic heterocycles. The molecular weight excluding hydrogens is 392 g/mol. The van der Waals surface area contributed by atoms with E-state index in [0.717, 1.165) is 41.2 Å². The predicted octanol–water partition coefficient (Wildman–Crippen LogP) is 4.86. The van der Waals surface area contributed by atoms with Gasteiger partial charge in [-0.25, -0.2) is 14.6 Å². The Morgan fingerprint density at radius 1 is 1.38 bits per heavy atom. The summed E-state index contributed by atoms with van der Waals surface area (Å²) in [7, 11) is 0. The van der Waals surface area contributed by atoms with Gasteiger partial charge in [0, 0.05) is 41.1 Å². The monoisotopic (exact) mass is 415 g/mol. The SMILES string of the molecule is C=CCC1CNc2ccccc2C1(SC(=C)c1cc(F)ccc1F)N(N)C(C)=O. The van der Waals surface area contributed by atoms with E-state index in [0.29, 0.717) is 13.0 Å². The lowest BCUT2D eigenvalue weighted by molar-refractivity contribution is -0.134. The van der Waals surface area contributed by atoms with Gasteiger partial charge < -0.3 is 5.32 Å². The van der Waals surface area contributed by atoms with Crippen LogP contribution in [0.3, 0.4) is 0 Å². The fraction of sp³-hybridized carbons (Fsp3) is 0.227. The van der Waals surface area contributed by atoms with Crippen molar-refractivity contribution in [1.29, 1.82) is 0 Å². The molecule has 3 N–H and O–H groups in total. The van der Waals surface area contributed by atoms with E-state index in [2.05, 4.69) is 18.5 Å². The van der Waals surface area contributed by atoms with Gasteiger partial charge in [-0.2, -0.15) is 0 Å². The highest BCUT2D eigenvalue weighted by atomic mass is 32.2. The van der Waals surface area contributed by atoms with Gasteiger partial charge >= 0.3 is 0 Å². The molecule has 29 heavy (non-hydrogen) atoms. The normalized spacial score (nSPS) is 20.3. The molecule has 0 spiro atoms. The molecule has 0 aliphatic carbocycles. The zero-order valence-electron chi connectivity index (χ0n) is 16.1. The first-order chi connectivity index (χ1) is 13.8. The molecule has 7 heteroatoms. The van der Waals surface area contributed by atoms with Gasteiger partial charge in [0.25, 0.3) is 0 Å². The summed E-state index contributed by atoms with van der Waals surface area (Å²) in [5.41, 5.74) is 1.64. The molecule has 0 saturated heterocycles. The van der Waals surface area contributed by atoms with Crippen LogP contribution in [0.1, 0.15) is 24.5 Å². The first-order valence-electron chi connectivity index (χ1n) is 9.14. The van der Waals surface area contributed by atoms with Crippen molar-refractivity contribution in [1.82, 2.24) is 5.01 Å². The number of nitrogens with one attached hydrogen (secondary N) is 1. The molecule has 0 bridgehead atoms. The largest absolute Gasteiger partial charge is 0.384 e. The number of amides is 1. The maximum absolute atomic E-state index is 14.4. The van der Waals surface area contributed by atoms with Crippen molar-refractivity contribution in [3.05, 3.63) is 84.5 Å².